The number of nitrogens with one attached hydrogen (secondary N) is 2. The van der Waals surface area contributed by atoms with Gasteiger partial charge >= 0.3 is 0 Å². The van der Waals surface area contributed by atoms with Crippen molar-refractivity contribution >= 4 is 23.7 Å². The van der Waals surface area contributed by atoms with Gasteiger partial charge in [0.1, 0.15) is 12.4 Å². The van der Waals surface area contributed by atoms with Crippen LogP contribution < -0.4 is 15.5 Å². The Hall–Kier alpha value is -4.44. The largest absolute Gasteiger partial charge is 0.489 e. The van der Waals surface area contributed by atoms with Crippen molar-refractivity contribution in [3.05, 3.63) is 95.1 Å². The van der Waals surface area contributed by atoms with Gasteiger partial charge in [-0.05, 0) is 55.0 Å². The molecule has 0 aromatic heterocycles. The molecule has 0 heterocycles. The van der Waals surface area contributed by atoms with Crippen molar-refractivity contribution in [1.82, 2.24) is 5.43 Å². The molecular weight excluding hydrogens is 416 g/mol. The maximum Gasteiger partial charge on any atom is 0.240 e. The molecule has 0 unspecified atom stereocenters. The second-order valence-electron chi connectivity index (χ2n) is 7.33. The molecule has 0 fully saturated rings. The maximum atomic E-state index is 12.0. The van der Waals surface area contributed by atoms with Gasteiger partial charge < -0.3 is 10.1 Å². The number of ether oxygens (including phenoxy) is 1. The van der Waals surface area contributed by atoms with Gasteiger partial charge in [0.25, 0.3) is 0 Å². The fraction of sp³-hybridized carbons (Fsp3) is 0.154. The van der Waals surface area contributed by atoms with E-state index in [9.17, 15) is 9.59 Å². The number of nitriles is 1. The van der Waals surface area contributed by atoms with Gasteiger partial charge in [-0.3, -0.25) is 9.59 Å². The zero-order chi connectivity index (χ0) is 23.5. The second kappa shape index (κ2) is 11.8. The van der Waals surface area contributed by atoms with E-state index in [1.54, 1.807) is 30.3 Å². The average molecular weight is 441 g/mol. The van der Waals surface area contributed by atoms with Gasteiger partial charge in [0.2, 0.25) is 11.8 Å². The van der Waals surface area contributed by atoms with Crippen molar-refractivity contribution in [1.29, 1.82) is 5.26 Å². The molecule has 0 spiro atoms. The topological polar surface area (TPSA) is 104 Å². The van der Waals surface area contributed by atoms with Crippen molar-refractivity contribution in [3.8, 4) is 11.8 Å². The lowest BCUT2D eigenvalue weighted by molar-refractivity contribution is -0.124. The number of hydrogen-bond donors (Lipinski definition) is 2. The van der Waals surface area contributed by atoms with Crippen LogP contribution in [0.1, 0.15) is 35.1 Å². The predicted octanol–water partition coefficient (Wildman–Crippen LogP) is 4.31. The van der Waals surface area contributed by atoms with Gasteiger partial charge in [-0.2, -0.15) is 10.4 Å². The lowest BCUT2D eigenvalue weighted by Crippen LogP contribution is -2.20. The summed E-state index contributed by atoms with van der Waals surface area (Å²) < 4.78 is 5.73. The standard InChI is InChI=1S/C26H24N4O3/c1-19-6-10-23(11-7-19)29-25(31)14-15-26(32)30-28-17-20-8-12-24(13-9-20)33-18-22-5-3-2-4-21(22)16-27/h2-13,17H,14-15,18H2,1H3,(H,29,31)(H,30,32). The molecule has 3 aromatic carbocycles. The number of aryl methyl sites for hydroxylation is 1. The normalized spacial score (nSPS) is 10.4. The first-order valence-electron chi connectivity index (χ1n) is 10.4. The number of hydrogen-bond acceptors (Lipinski definition) is 5. The maximum absolute atomic E-state index is 12.0. The minimum atomic E-state index is -0.346. The van der Waals surface area contributed by atoms with Crippen molar-refractivity contribution in [2.45, 2.75) is 26.4 Å². The Bertz CT molecular complexity index is 1160. The number of rotatable bonds is 9. The molecule has 0 radical (unpaired) electrons. The van der Waals surface area contributed by atoms with Crippen LogP contribution in [0.15, 0.2) is 77.9 Å². The summed E-state index contributed by atoms with van der Waals surface area (Å²) in [5, 5.41) is 15.8. The van der Waals surface area contributed by atoms with Crippen LogP contribution in [0.2, 0.25) is 0 Å². The fourth-order valence-electron chi connectivity index (χ4n) is 2.89. The van der Waals surface area contributed by atoms with E-state index >= 15 is 0 Å². The Morgan fingerprint density at radius 2 is 1.67 bits per heavy atom. The zero-order valence-electron chi connectivity index (χ0n) is 18.2. The molecule has 3 aromatic rings. The molecule has 2 N–H and O–H groups in total. The van der Waals surface area contributed by atoms with E-state index < -0.39 is 0 Å². The molecule has 2 amide bonds. The first kappa shape index (κ1) is 23.2. The molecule has 166 valence electrons. The van der Waals surface area contributed by atoms with Gasteiger partial charge in [0.05, 0.1) is 17.8 Å². The van der Waals surface area contributed by atoms with E-state index in [1.807, 2.05) is 49.4 Å². The molecule has 0 aliphatic rings. The summed E-state index contributed by atoms with van der Waals surface area (Å²) in [6, 6.07) is 24.1. The first-order chi connectivity index (χ1) is 16.0. The number of nitrogens with zero attached hydrogens (tertiary/aromatic N) is 2. The Labute approximate surface area is 192 Å². The Balaban J connectivity index is 1.39. The highest BCUT2D eigenvalue weighted by Crippen LogP contribution is 2.15. The number of amides is 2. The molecular formula is C26H24N4O3. The molecule has 7 heteroatoms. The zero-order valence-corrected chi connectivity index (χ0v) is 18.2. The van der Waals surface area contributed by atoms with Crippen molar-refractivity contribution in [3.63, 3.8) is 0 Å². The third-order valence-corrected chi connectivity index (χ3v) is 4.73. The van der Waals surface area contributed by atoms with E-state index in [2.05, 4.69) is 21.9 Å². The highest BCUT2D eigenvalue weighted by atomic mass is 16.5. The highest BCUT2D eigenvalue weighted by Gasteiger charge is 2.07. The Kier molecular flexibility index (Phi) is 8.32. The van der Waals surface area contributed by atoms with E-state index in [0.717, 1.165) is 16.7 Å². The van der Waals surface area contributed by atoms with Crippen molar-refractivity contribution in [2.75, 3.05) is 5.32 Å². The minimum Gasteiger partial charge on any atom is -0.489 e. The Morgan fingerprint density at radius 3 is 2.39 bits per heavy atom. The molecule has 7 nitrogen and oxygen atoms in total. The van der Waals surface area contributed by atoms with Gasteiger partial charge in [0.15, 0.2) is 0 Å². The number of anilines is 1. The third-order valence-electron chi connectivity index (χ3n) is 4.73. The number of carbonyl (C=O) groups excluding carboxylic acids is 2. The van der Waals surface area contributed by atoms with Crippen LogP contribution in [0.4, 0.5) is 5.69 Å². The van der Waals surface area contributed by atoms with Crippen molar-refractivity contribution < 1.29 is 14.3 Å². The fourth-order valence-corrected chi connectivity index (χ4v) is 2.89. The number of hydrazone groups is 1. The second-order valence-corrected chi connectivity index (χ2v) is 7.33. The van der Waals surface area contributed by atoms with Crippen LogP contribution >= 0.6 is 0 Å². The smallest absolute Gasteiger partial charge is 0.240 e. The summed E-state index contributed by atoms with van der Waals surface area (Å²) in [5.74, 6) is 0.0795. The quantitative estimate of drug-likeness (QED) is 0.382. The van der Waals surface area contributed by atoms with Gasteiger partial charge in [-0.15, -0.1) is 0 Å². The monoisotopic (exact) mass is 440 g/mol. The van der Waals surface area contributed by atoms with Crippen LogP contribution in [0, 0.1) is 18.3 Å². The number of carbonyl (C=O) groups is 2. The molecule has 0 bridgehead atoms. The molecule has 3 rings (SSSR count). The van der Waals surface area contributed by atoms with Crippen molar-refractivity contribution in [2.24, 2.45) is 5.10 Å². The summed E-state index contributed by atoms with van der Waals surface area (Å²) in [6.45, 7) is 2.27. The molecule has 0 saturated carbocycles. The summed E-state index contributed by atoms with van der Waals surface area (Å²) in [5.41, 5.74) is 6.41. The van der Waals surface area contributed by atoms with Crippen LogP contribution in [-0.2, 0) is 16.2 Å². The third kappa shape index (κ3) is 7.64. The van der Waals surface area contributed by atoms with Gasteiger partial charge in [-0.1, -0.05) is 35.9 Å². The van der Waals surface area contributed by atoms with E-state index in [4.69, 9.17) is 10.00 Å². The average Bonchev–Trinajstić information content (AvgIpc) is 2.84. The summed E-state index contributed by atoms with van der Waals surface area (Å²) >= 11 is 0. The van der Waals surface area contributed by atoms with Crippen LogP contribution in [-0.4, -0.2) is 18.0 Å². The predicted molar refractivity (Wildman–Crippen MR) is 127 cm³/mol. The SMILES string of the molecule is Cc1ccc(NC(=O)CCC(=O)NN=Cc2ccc(OCc3ccccc3C#N)cc2)cc1. The summed E-state index contributed by atoms with van der Waals surface area (Å²) in [6.07, 6.45) is 1.61. The van der Waals surface area contributed by atoms with Crippen LogP contribution in [0.3, 0.4) is 0 Å². The van der Waals surface area contributed by atoms with Crippen LogP contribution in [0.25, 0.3) is 0 Å². The van der Waals surface area contributed by atoms with Crippen LogP contribution in [0.5, 0.6) is 5.75 Å². The minimum absolute atomic E-state index is 0.0337. The van der Waals surface area contributed by atoms with E-state index in [0.29, 0.717) is 23.6 Å². The molecule has 0 aliphatic carbocycles. The molecule has 33 heavy (non-hydrogen) atoms. The van der Waals surface area contributed by atoms with E-state index in [1.165, 1.54) is 6.21 Å². The first-order valence-corrected chi connectivity index (χ1v) is 10.4. The van der Waals surface area contributed by atoms with E-state index in [-0.39, 0.29) is 24.7 Å². The molecule has 0 atom stereocenters. The lowest BCUT2D eigenvalue weighted by Gasteiger charge is -2.07. The lowest BCUT2D eigenvalue weighted by atomic mass is 10.1. The highest BCUT2D eigenvalue weighted by molar-refractivity contribution is 5.93. The van der Waals surface area contributed by atoms with Gasteiger partial charge in [0, 0.05) is 24.1 Å². The summed E-state index contributed by atoms with van der Waals surface area (Å²) in [4.78, 5) is 23.9. The van der Waals surface area contributed by atoms with Gasteiger partial charge in [-0.25, -0.2) is 5.43 Å². The Morgan fingerprint density at radius 1 is 0.970 bits per heavy atom. The molecule has 0 saturated heterocycles. The summed E-state index contributed by atoms with van der Waals surface area (Å²) in [7, 11) is 0. The number of benzene rings is 3. The molecule has 0 aliphatic heterocycles.